The molecule has 0 unspecified atom stereocenters. The third kappa shape index (κ3) is 11.3. The molecule has 0 saturated carbocycles. The van der Waals surface area contributed by atoms with Gasteiger partial charge in [-0.05, 0) is 74.2 Å². The van der Waals surface area contributed by atoms with E-state index in [9.17, 15) is 9.59 Å². The molecular weight excluding hydrogens is 834 g/mol. The first-order valence-electron chi connectivity index (χ1n) is 18.2. The highest BCUT2D eigenvalue weighted by atomic mass is 35.5. The molecule has 57 heavy (non-hydrogen) atoms. The van der Waals surface area contributed by atoms with Gasteiger partial charge in [-0.1, -0.05) is 70.1 Å². The van der Waals surface area contributed by atoms with Crippen molar-refractivity contribution in [3.63, 3.8) is 0 Å². The molecule has 300 valence electrons. The first-order chi connectivity index (χ1) is 27.4. The summed E-state index contributed by atoms with van der Waals surface area (Å²) in [5.74, 6) is 2.12. The Morgan fingerprint density at radius 3 is 1.65 bits per heavy atom. The second-order valence-electron chi connectivity index (χ2n) is 13.4. The first kappa shape index (κ1) is 42.0. The molecule has 19 heteroatoms. The summed E-state index contributed by atoms with van der Waals surface area (Å²) in [6.07, 6.45) is 6.69. The summed E-state index contributed by atoms with van der Waals surface area (Å²) in [4.78, 5) is 33.0. The van der Waals surface area contributed by atoms with Crippen LogP contribution in [0.1, 0.15) is 36.8 Å². The van der Waals surface area contributed by atoms with E-state index < -0.39 is 0 Å². The number of rotatable bonds is 9. The summed E-state index contributed by atoms with van der Waals surface area (Å²) in [5, 5.41) is 21.2. The third-order valence-electron chi connectivity index (χ3n) is 9.59. The summed E-state index contributed by atoms with van der Waals surface area (Å²) < 4.78 is 3.43. The highest BCUT2D eigenvalue weighted by molar-refractivity contribution is 6.35. The lowest BCUT2D eigenvalue weighted by atomic mass is 9.96. The van der Waals surface area contributed by atoms with Gasteiger partial charge >= 0.3 is 0 Å². The van der Waals surface area contributed by atoms with Crippen LogP contribution in [0.4, 0.5) is 17.5 Å². The monoisotopic (exact) mass is 872 g/mol. The average molecular weight is 875 g/mol. The number of carbonyl (C=O) groups is 2. The molecule has 0 aliphatic carbocycles. The number of carbonyl (C=O) groups excluding carboxylic acids is 2. The number of fused-ring (bicyclic) bond motifs is 2. The molecular formula is C38H41Cl5N12O2. The van der Waals surface area contributed by atoms with E-state index in [0.29, 0.717) is 44.0 Å². The molecule has 2 aliphatic rings. The summed E-state index contributed by atoms with van der Waals surface area (Å²) in [7, 11) is 0. The topological polar surface area (TPSA) is 186 Å². The van der Waals surface area contributed by atoms with Crippen molar-refractivity contribution in [2.45, 2.75) is 38.8 Å². The summed E-state index contributed by atoms with van der Waals surface area (Å²) in [6, 6.07) is 18.2. The van der Waals surface area contributed by atoms with Crippen LogP contribution in [0, 0.1) is 11.8 Å². The molecule has 0 radical (unpaired) electrons. The Balaban J connectivity index is 0.000000164. The van der Waals surface area contributed by atoms with Crippen LogP contribution in [-0.4, -0.2) is 67.2 Å². The summed E-state index contributed by atoms with van der Waals surface area (Å²) >= 11 is 30.2. The van der Waals surface area contributed by atoms with Gasteiger partial charge in [0.25, 0.3) is 0 Å². The number of halogens is 5. The number of piperidine rings is 2. The molecule has 2 amide bonds. The van der Waals surface area contributed by atoms with Crippen molar-refractivity contribution in [2.24, 2.45) is 23.3 Å². The van der Waals surface area contributed by atoms with Crippen molar-refractivity contribution >= 4 is 98.6 Å². The van der Waals surface area contributed by atoms with Crippen LogP contribution in [-0.2, 0) is 22.7 Å². The smallest absolute Gasteiger partial charge is 0.220 e. The molecule has 14 nitrogen and oxygen atoms in total. The van der Waals surface area contributed by atoms with Crippen LogP contribution < -0.4 is 32.3 Å². The number of benzene rings is 2. The number of nitrogens with zero attached hydrogens (tertiary/aromatic N) is 7. The lowest BCUT2D eigenvalue weighted by Gasteiger charge is -2.31. The number of anilines is 3. The van der Waals surface area contributed by atoms with Crippen LogP contribution in [0.3, 0.4) is 0 Å². The zero-order valence-corrected chi connectivity index (χ0v) is 34.4. The molecule has 2 fully saturated rings. The largest absolute Gasteiger partial charge is 0.369 e. The van der Waals surface area contributed by atoms with Crippen LogP contribution >= 0.6 is 58.0 Å². The maximum atomic E-state index is 11.4. The fourth-order valence-corrected chi connectivity index (χ4v) is 7.54. The number of aromatic nitrogens is 6. The van der Waals surface area contributed by atoms with Gasteiger partial charge < -0.3 is 32.3 Å². The number of hydrogen-bond acceptors (Lipinski definition) is 10. The maximum absolute atomic E-state index is 11.4. The van der Waals surface area contributed by atoms with Crippen molar-refractivity contribution < 1.29 is 9.59 Å². The van der Waals surface area contributed by atoms with E-state index in [4.69, 9.17) is 74.5 Å². The average Bonchev–Trinajstić information content (AvgIpc) is 3.88. The lowest BCUT2D eigenvalue weighted by Crippen LogP contribution is -2.39. The number of hydrogen-bond donors (Lipinski definition) is 5. The van der Waals surface area contributed by atoms with E-state index in [0.717, 1.165) is 86.1 Å². The van der Waals surface area contributed by atoms with Crippen LogP contribution in [0.2, 0.25) is 25.2 Å². The molecule has 0 bridgehead atoms. The third-order valence-corrected chi connectivity index (χ3v) is 11.0. The van der Waals surface area contributed by atoms with Crippen molar-refractivity contribution in [2.75, 3.05) is 41.7 Å². The number of nitrogens with two attached hydrogens (primary N) is 2. The second kappa shape index (κ2) is 19.7. The molecule has 6 heterocycles. The minimum absolute atomic E-state index is 0.0559. The minimum atomic E-state index is -0.221. The predicted molar refractivity (Wildman–Crippen MR) is 227 cm³/mol. The Labute approximate surface area is 354 Å². The zero-order chi connectivity index (χ0) is 40.5. The van der Waals surface area contributed by atoms with E-state index in [1.807, 2.05) is 30.3 Å². The van der Waals surface area contributed by atoms with E-state index in [1.54, 1.807) is 51.8 Å². The lowest BCUT2D eigenvalue weighted by molar-refractivity contribution is -0.123. The molecule has 4 aromatic heterocycles. The van der Waals surface area contributed by atoms with Crippen molar-refractivity contribution in [3.8, 4) is 0 Å². The normalized spacial score (nSPS) is 14.7. The predicted octanol–water partition coefficient (Wildman–Crippen LogP) is 7.12. The van der Waals surface area contributed by atoms with Crippen molar-refractivity contribution in [3.05, 3.63) is 109 Å². The Morgan fingerprint density at radius 1 is 0.667 bits per heavy atom. The standard InChI is InChI=1S/C19H20Cl2N6O.C13H9Cl3N4.C6H12N2O/c20-14-2-1-13(15(21)9-14)11-23-17-10-18(25-16-3-6-24-27(16)17)26-7-4-12(5-8-26)19(22)28;14-9-2-1-8(10(15)5-9)7-17-13-6-11(16)19-12-3-4-18-20(12)13;7-6(9)5-1-3-8-4-2-5/h1-3,6,9-10,12,23H,4-5,7-8,11H2,(H2,22,28);1-6,17H,7H2;5,8H,1-4H2,(H2,7,9). The molecule has 0 spiro atoms. The van der Waals surface area contributed by atoms with Crippen molar-refractivity contribution in [1.82, 2.24) is 34.5 Å². The van der Waals surface area contributed by atoms with Crippen LogP contribution in [0.25, 0.3) is 11.3 Å². The summed E-state index contributed by atoms with van der Waals surface area (Å²) in [6.45, 7) is 4.42. The van der Waals surface area contributed by atoms with Gasteiger partial charge in [0, 0.05) is 82.4 Å². The Kier molecular flexibility index (Phi) is 14.6. The van der Waals surface area contributed by atoms with E-state index in [2.05, 4.69) is 36.0 Å². The van der Waals surface area contributed by atoms with E-state index in [-0.39, 0.29) is 23.7 Å². The van der Waals surface area contributed by atoms with Gasteiger partial charge in [-0.3, -0.25) is 9.59 Å². The number of primary amides is 2. The van der Waals surface area contributed by atoms with Gasteiger partial charge in [-0.15, -0.1) is 0 Å². The van der Waals surface area contributed by atoms with Crippen molar-refractivity contribution in [1.29, 1.82) is 0 Å². The van der Waals surface area contributed by atoms with Gasteiger partial charge in [0.15, 0.2) is 11.3 Å². The molecule has 0 atom stereocenters. The highest BCUT2D eigenvalue weighted by Crippen LogP contribution is 2.27. The van der Waals surface area contributed by atoms with Gasteiger partial charge in [0.05, 0.1) is 12.4 Å². The van der Waals surface area contributed by atoms with Gasteiger partial charge in [0.1, 0.15) is 22.6 Å². The van der Waals surface area contributed by atoms with Gasteiger partial charge in [0.2, 0.25) is 11.8 Å². The molecule has 2 saturated heterocycles. The Bertz CT molecular complexity index is 2320. The SMILES string of the molecule is Clc1ccc(CNc2cc(Cl)nc3ccnn23)c(Cl)c1.NC(=O)C1CCN(c2cc(NCc3ccc(Cl)cc3Cl)n3nccc3n2)CC1.NC(=O)C1CCNCC1. The Hall–Kier alpha value is -4.57. The van der Waals surface area contributed by atoms with Crippen LogP contribution in [0.5, 0.6) is 0 Å². The Morgan fingerprint density at radius 2 is 1.16 bits per heavy atom. The fourth-order valence-electron chi connectivity index (χ4n) is 6.40. The zero-order valence-electron chi connectivity index (χ0n) is 30.6. The molecule has 8 rings (SSSR count). The second-order valence-corrected chi connectivity index (χ2v) is 15.5. The first-order valence-corrected chi connectivity index (χ1v) is 20.1. The molecule has 7 N–H and O–H groups in total. The number of nitrogens with one attached hydrogen (secondary N) is 3. The van der Waals surface area contributed by atoms with Gasteiger partial charge in [-0.2, -0.15) is 19.2 Å². The summed E-state index contributed by atoms with van der Waals surface area (Å²) in [5.41, 5.74) is 13.8. The molecule has 6 aromatic rings. The molecule has 2 aliphatic heterocycles. The maximum Gasteiger partial charge on any atom is 0.220 e. The number of amides is 2. The van der Waals surface area contributed by atoms with E-state index >= 15 is 0 Å². The van der Waals surface area contributed by atoms with Gasteiger partial charge in [-0.25, -0.2) is 9.97 Å². The highest BCUT2D eigenvalue weighted by Gasteiger charge is 2.25. The van der Waals surface area contributed by atoms with E-state index in [1.165, 1.54) is 0 Å². The van der Waals surface area contributed by atoms with Crippen LogP contribution in [0.15, 0.2) is 73.1 Å². The fraction of sp³-hybridized carbons (Fsp3) is 0.316. The minimum Gasteiger partial charge on any atom is -0.369 e. The molecule has 2 aromatic carbocycles. The quantitative estimate of drug-likeness (QED) is 0.0937.